The lowest BCUT2D eigenvalue weighted by atomic mass is 10.2. The van der Waals surface area contributed by atoms with Gasteiger partial charge in [-0.2, -0.15) is 0 Å². The van der Waals surface area contributed by atoms with Crippen LogP contribution in [0.1, 0.15) is 24.2 Å². The summed E-state index contributed by atoms with van der Waals surface area (Å²) in [5, 5.41) is 0.295. The minimum Gasteiger partial charge on any atom is -0.452 e. The van der Waals surface area contributed by atoms with Gasteiger partial charge >= 0.3 is 5.97 Å². The molecule has 0 unspecified atom stereocenters. The van der Waals surface area contributed by atoms with E-state index in [0.717, 1.165) is 5.57 Å². The van der Waals surface area contributed by atoms with Crippen LogP contribution in [0.3, 0.4) is 0 Å². The number of hydrogen-bond donors (Lipinski definition) is 0. The maximum absolute atomic E-state index is 12.0. The van der Waals surface area contributed by atoms with E-state index >= 15 is 0 Å². The molecule has 0 aliphatic rings. The van der Waals surface area contributed by atoms with Gasteiger partial charge in [-0.1, -0.05) is 47.0 Å². The van der Waals surface area contributed by atoms with E-state index < -0.39 is 12.6 Å². The van der Waals surface area contributed by atoms with Crippen molar-refractivity contribution in [3.63, 3.8) is 0 Å². The fourth-order valence-electron chi connectivity index (χ4n) is 1.71. The number of likely N-dealkylation sites (N-methyl/N-ethyl adjacent to an activating group) is 1. The summed E-state index contributed by atoms with van der Waals surface area (Å²) in [5.74, 6) is -1.12. The number of hydrogen-bond acceptors (Lipinski definition) is 3. The first-order chi connectivity index (χ1) is 10.3. The van der Waals surface area contributed by atoms with Crippen LogP contribution in [0.5, 0.6) is 0 Å². The fourth-order valence-corrected chi connectivity index (χ4v) is 2.39. The molecule has 0 radical (unpaired) electrons. The second-order valence-electron chi connectivity index (χ2n) is 4.66. The lowest BCUT2D eigenvalue weighted by molar-refractivity contribution is -0.133. The van der Waals surface area contributed by atoms with Gasteiger partial charge in [0.05, 0.1) is 20.6 Å². The molecule has 120 valence electrons. The van der Waals surface area contributed by atoms with Crippen LogP contribution in [0.15, 0.2) is 24.3 Å². The average molecular weight is 365 g/mol. The third kappa shape index (κ3) is 4.90. The zero-order valence-electron chi connectivity index (χ0n) is 12.3. The van der Waals surface area contributed by atoms with Gasteiger partial charge in [-0.3, -0.25) is 4.79 Å². The predicted octanol–water partition coefficient (Wildman–Crippen LogP) is 4.23. The molecule has 0 heterocycles. The first-order valence-corrected chi connectivity index (χ1v) is 7.64. The van der Waals surface area contributed by atoms with Gasteiger partial charge in [0.15, 0.2) is 6.61 Å². The fraction of sp³-hybridized carbons (Fsp3) is 0.333. The zero-order chi connectivity index (χ0) is 16.9. The molecule has 0 fully saturated rings. The molecule has 1 aromatic carbocycles. The molecule has 1 rings (SSSR count). The topological polar surface area (TPSA) is 46.6 Å². The summed E-state index contributed by atoms with van der Waals surface area (Å²) >= 11 is 17.7. The highest BCUT2D eigenvalue weighted by molar-refractivity contribution is 6.46. The zero-order valence-corrected chi connectivity index (χ0v) is 14.6. The second kappa shape index (κ2) is 8.42. The van der Waals surface area contributed by atoms with Gasteiger partial charge in [0.2, 0.25) is 0 Å². The molecule has 1 aromatic rings. The predicted molar refractivity (Wildman–Crippen MR) is 88.8 cm³/mol. The molecule has 22 heavy (non-hydrogen) atoms. The number of carbonyl (C=O) groups is 2. The number of benzene rings is 1. The Morgan fingerprint density at radius 1 is 1.23 bits per heavy atom. The van der Waals surface area contributed by atoms with E-state index in [1.54, 1.807) is 0 Å². The molecular weight excluding hydrogens is 349 g/mol. The van der Waals surface area contributed by atoms with Gasteiger partial charge in [-0.15, -0.1) is 0 Å². The Balaban J connectivity index is 2.76. The molecule has 7 heteroatoms. The third-order valence-electron chi connectivity index (χ3n) is 2.77. The number of ether oxygens (including phenoxy) is 1. The van der Waals surface area contributed by atoms with Crippen LogP contribution in [0.4, 0.5) is 0 Å². The highest BCUT2D eigenvalue weighted by Crippen LogP contribution is 2.31. The summed E-state index contributed by atoms with van der Waals surface area (Å²) in [4.78, 5) is 25.6. The van der Waals surface area contributed by atoms with Crippen molar-refractivity contribution in [2.24, 2.45) is 0 Å². The van der Waals surface area contributed by atoms with Crippen LogP contribution < -0.4 is 0 Å². The number of carbonyl (C=O) groups excluding carboxylic acids is 2. The second-order valence-corrected chi connectivity index (χ2v) is 5.85. The number of nitrogens with zero attached hydrogens (tertiary/aromatic N) is 1. The van der Waals surface area contributed by atoms with Crippen LogP contribution >= 0.6 is 34.8 Å². The van der Waals surface area contributed by atoms with Gasteiger partial charge in [-0.25, -0.2) is 4.79 Å². The summed E-state index contributed by atoms with van der Waals surface area (Å²) < 4.78 is 4.98. The lowest BCUT2D eigenvalue weighted by Gasteiger charge is -2.20. The number of rotatable bonds is 6. The Bertz CT molecular complexity index is 602. The monoisotopic (exact) mass is 363 g/mol. The number of halogens is 3. The van der Waals surface area contributed by atoms with Crippen molar-refractivity contribution in [1.29, 1.82) is 0 Å². The quantitative estimate of drug-likeness (QED) is 0.431. The number of amides is 1. The smallest absolute Gasteiger partial charge is 0.341 e. The molecule has 0 aliphatic heterocycles. The van der Waals surface area contributed by atoms with E-state index in [0.29, 0.717) is 13.1 Å². The van der Waals surface area contributed by atoms with E-state index in [1.807, 2.05) is 13.8 Å². The Labute approximate surface area is 144 Å². The van der Waals surface area contributed by atoms with Crippen LogP contribution in [-0.2, 0) is 9.53 Å². The summed E-state index contributed by atoms with van der Waals surface area (Å²) in [6.45, 7) is 7.88. The molecule has 0 bridgehead atoms. The van der Waals surface area contributed by atoms with Crippen LogP contribution in [-0.4, -0.2) is 36.5 Å². The van der Waals surface area contributed by atoms with Gasteiger partial charge < -0.3 is 9.64 Å². The summed E-state index contributed by atoms with van der Waals surface area (Å²) in [6, 6.07) is 2.91. The maximum atomic E-state index is 12.0. The molecule has 4 nitrogen and oxygen atoms in total. The maximum Gasteiger partial charge on any atom is 0.341 e. The minimum atomic E-state index is -0.794. The standard InChI is InChI=1S/C15H16Cl3NO3/c1-4-19(7-9(2)3)12(20)8-22-15(21)13-10(16)5-6-11(17)14(13)18/h5-6H,2,4,7-8H2,1,3H3. The van der Waals surface area contributed by atoms with E-state index in [-0.39, 0.29) is 26.5 Å². The first-order valence-electron chi connectivity index (χ1n) is 6.50. The van der Waals surface area contributed by atoms with Crippen molar-refractivity contribution in [2.45, 2.75) is 13.8 Å². The summed E-state index contributed by atoms with van der Waals surface area (Å²) in [7, 11) is 0. The molecule has 0 aromatic heterocycles. The van der Waals surface area contributed by atoms with Gasteiger partial charge in [0.1, 0.15) is 0 Å². The van der Waals surface area contributed by atoms with Crippen LogP contribution in [0.2, 0.25) is 15.1 Å². The van der Waals surface area contributed by atoms with Crippen molar-refractivity contribution in [1.82, 2.24) is 4.90 Å². The van der Waals surface area contributed by atoms with Crippen LogP contribution in [0, 0.1) is 0 Å². The largest absolute Gasteiger partial charge is 0.452 e. The summed E-state index contributed by atoms with van der Waals surface area (Å²) in [5.41, 5.74) is 0.786. The highest BCUT2D eigenvalue weighted by Gasteiger charge is 2.21. The van der Waals surface area contributed by atoms with Crippen molar-refractivity contribution >= 4 is 46.7 Å². The van der Waals surface area contributed by atoms with Crippen molar-refractivity contribution < 1.29 is 14.3 Å². The van der Waals surface area contributed by atoms with Crippen molar-refractivity contribution in [3.8, 4) is 0 Å². The van der Waals surface area contributed by atoms with E-state index in [2.05, 4.69) is 6.58 Å². The minimum absolute atomic E-state index is 0.000833. The normalized spacial score (nSPS) is 10.2. The van der Waals surface area contributed by atoms with Crippen LogP contribution in [0.25, 0.3) is 0 Å². The Morgan fingerprint density at radius 3 is 2.36 bits per heavy atom. The Kier molecular flexibility index (Phi) is 7.20. The third-order valence-corrected chi connectivity index (χ3v) is 3.89. The van der Waals surface area contributed by atoms with Gasteiger partial charge in [0, 0.05) is 13.1 Å². The summed E-state index contributed by atoms with van der Waals surface area (Å²) in [6.07, 6.45) is 0. The molecule has 0 saturated carbocycles. The van der Waals surface area contributed by atoms with Crippen molar-refractivity contribution in [3.05, 3.63) is 44.9 Å². The molecule has 0 aliphatic carbocycles. The van der Waals surface area contributed by atoms with Crippen molar-refractivity contribution in [2.75, 3.05) is 19.7 Å². The highest BCUT2D eigenvalue weighted by atomic mass is 35.5. The molecular formula is C15H16Cl3NO3. The average Bonchev–Trinajstić information content (AvgIpc) is 2.46. The first kappa shape index (κ1) is 18.8. The number of esters is 1. The Morgan fingerprint density at radius 2 is 1.82 bits per heavy atom. The SMILES string of the molecule is C=C(C)CN(CC)C(=O)COC(=O)c1c(Cl)ccc(Cl)c1Cl. The molecule has 0 saturated heterocycles. The molecule has 1 amide bonds. The van der Waals surface area contributed by atoms with E-state index in [9.17, 15) is 9.59 Å². The molecule has 0 N–H and O–H groups in total. The van der Waals surface area contributed by atoms with Gasteiger partial charge in [0.25, 0.3) is 5.91 Å². The Hall–Kier alpha value is -1.23. The lowest BCUT2D eigenvalue weighted by Crippen LogP contribution is -2.35. The molecule has 0 atom stereocenters. The van der Waals surface area contributed by atoms with Gasteiger partial charge in [-0.05, 0) is 26.0 Å². The van der Waals surface area contributed by atoms with E-state index in [4.69, 9.17) is 39.5 Å². The van der Waals surface area contributed by atoms with E-state index in [1.165, 1.54) is 17.0 Å². The molecule has 0 spiro atoms.